The third kappa shape index (κ3) is 8.79. The first-order valence-corrected chi connectivity index (χ1v) is 12.0. The van der Waals surface area contributed by atoms with E-state index in [-0.39, 0.29) is 11.1 Å². The van der Waals surface area contributed by atoms with Gasteiger partial charge >= 0.3 is 23.9 Å². The van der Waals surface area contributed by atoms with Crippen LogP contribution in [0.3, 0.4) is 0 Å². The molecule has 0 aliphatic heterocycles. The van der Waals surface area contributed by atoms with Crippen molar-refractivity contribution in [3.05, 3.63) is 70.8 Å². The van der Waals surface area contributed by atoms with Crippen molar-refractivity contribution in [3.63, 3.8) is 0 Å². The molecule has 0 amide bonds. The molecule has 0 aromatic heterocycles. The summed E-state index contributed by atoms with van der Waals surface area (Å²) in [6, 6.07) is 6.51. The van der Waals surface area contributed by atoms with E-state index in [9.17, 15) is 44.7 Å². The maximum Gasteiger partial charge on any atom is 0.343 e. The summed E-state index contributed by atoms with van der Waals surface area (Å²) in [7, 11) is 0. The second-order valence-corrected chi connectivity index (χ2v) is 8.74. The lowest BCUT2D eigenvalue weighted by atomic mass is 10.1. The Hall–Kier alpha value is -7.44. The number of aromatic hydroxyl groups is 11. The van der Waals surface area contributed by atoms with Gasteiger partial charge in [-0.1, -0.05) is 0 Å². The molecule has 0 heterocycles. The summed E-state index contributed by atoms with van der Waals surface area (Å²) in [6.45, 7) is 0. The predicted molar refractivity (Wildman–Crippen MR) is 150 cm³/mol. The average Bonchev–Trinajstić information content (AvgIpc) is 2.99. The van der Waals surface area contributed by atoms with Crippen molar-refractivity contribution < 1.29 is 95.4 Å². The number of aromatic carboxylic acids is 3. The van der Waals surface area contributed by atoms with Gasteiger partial charge in [0.15, 0.2) is 63.2 Å². The summed E-state index contributed by atoms with van der Waals surface area (Å²) in [5, 5.41) is 126. The molecule has 0 aliphatic rings. The highest BCUT2D eigenvalue weighted by Gasteiger charge is 2.20. The molecule has 0 spiro atoms. The Morgan fingerprint density at radius 2 is 0.596 bits per heavy atom. The number of phenolic OH excluding ortho intramolecular Hbond substituents is 11. The quantitative estimate of drug-likeness (QED) is 0.0826. The molecule has 14 N–H and O–H groups in total. The van der Waals surface area contributed by atoms with E-state index in [4.69, 9.17) is 50.7 Å². The van der Waals surface area contributed by atoms with Gasteiger partial charge in [0.1, 0.15) is 0 Å². The van der Waals surface area contributed by atoms with Crippen LogP contribution in [0.1, 0.15) is 41.4 Å². The highest BCUT2D eigenvalue weighted by Crippen LogP contribution is 2.39. The number of carbonyl (C=O) groups is 4. The van der Waals surface area contributed by atoms with E-state index in [1.54, 1.807) is 0 Å². The topological polar surface area (TPSA) is 361 Å². The molecule has 0 radical (unpaired) electrons. The fraction of sp³-hybridized carbons (Fsp3) is 0. The summed E-state index contributed by atoms with van der Waals surface area (Å²) >= 11 is 0. The van der Waals surface area contributed by atoms with Gasteiger partial charge < -0.3 is 76.2 Å². The van der Waals surface area contributed by atoms with Crippen LogP contribution in [0.15, 0.2) is 48.5 Å². The minimum atomic E-state index is -1.43. The number of phenols is 11. The second kappa shape index (κ2) is 14.4. The van der Waals surface area contributed by atoms with Crippen molar-refractivity contribution in [2.75, 3.05) is 0 Å². The first kappa shape index (κ1) is 35.8. The van der Waals surface area contributed by atoms with Crippen LogP contribution in [0.2, 0.25) is 0 Å². The Morgan fingerprint density at radius 1 is 0.362 bits per heavy atom. The monoisotopic (exact) mass is 662 g/mol. The Bertz CT molecular complexity index is 1740. The zero-order valence-electron chi connectivity index (χ0n) is 22.9. The lowest BCUT2D eigenvalue weighted by Crippen LogP contribution is -2.09. The SMILES string of the molecule is O=C(O)c1cc(O)c(O)c(O)c1.O=C(O)c1cc(O)c(O)c(O)c1.O=C(O)c1cc(O)c(O)c(OC(=O)c2cc(O)c(O)c(O)c2)c1. The minimum Gasteiger partial charge on any atom is -0.504 e. The van der Waals surface area contributed by atoms with Gasteiger partial charge in [-0.2, -0.15) is 0 Å². The van der Waals surface area contributed by atoms with Gasteiger partial charge in [0.25, 0.3) is 0 Å². The lowest BCUT2D eigenvalue weighted by molar-refractivity contribution is 0.0682. The standard InChI is InChI=1S/C14H10O9.2C7H6O5/c15-7-2-6(3-8(16)11(7)18)14(22)23-10-4-5(13(20)21)1-9(17)12(10)19;2*8-4-1-3(7(11)12)2-5(9)6(4)10/h1-4,15-19H,(H,20,21);2*1-2,8-10H,(H,11,12). The largest absolute Gasteiger partial charge is 0.504 e. The van der Waals surface area contributed by atoms with E-state index in [0.29, 0.717) is 0 Å². The fourth-order valence-electron chi connectivity index (χ4n) is 3.13. The first-order valence-electron chi connectivity index (χ1n) is 12.0. The van der Waals surface area contributed by atoms with Crippen LogP contribution < -0.4 is 4.74 Å². The van der Waals surface area contributed by atoms with E-state index in [1.807, 2.05) is 0 Å². The van der Waals surface area contributed by atoms with Crippen LogP contribution in [-0.2, 0) is 0 Å². The Labute approximate surface area is 259 Å². The summed E-state index contributed by atoms with van der Waals surface area (Å²) in [6.07, 6.45) is 0. The molecular weight excluding hydrogens is 640 g/mol. The van der Waals surface area contributed by atoms with E-state index >= 15 is 0 Å². The van der Waals surface area contributed by atoms with Crippen LogP contribution in [0, 0.1) is 0 Å². The van der Waals surface area contributed by atoms with Crippen LogP contribution in [0.4, 0.5) is 0 Å². The normalized spacial score (nSPS) is 9.96. The molecule has 0 atom stereocenters. The average molecular weight is 662 g/mol. The van der Waals surface area contributed by atoms with Crippen LogP contribution in [0.25, 0.3) is 0 Å². The summed E-state index contributed by atoms with van der Waals surface area (Å²) in [4.78, 5) is 43.4. The summed E-state index contributed by atoms with van der Waals surface area (Å²) in [5.41, 5.74) is -1.41. The number of hydrogen-bond acceptors (Lipinski definition) is 16. The fourth-order valence-corrected chi connectivity index (χ4v) is 3.13. The third-order valence-electron chi connectivity index (χ3n) is 5.44. The molecule has 0 bridgehead atoms. The molecule has 4 aromatic carbocycles. The van der Waals surface area contributed by atoms with Gasteiger partial charge in [-0.3, -0.25) is 0 Å². The molecule has 19 nitrogen and oxygen atoms in total. The van der Waals surface area contributed by atoms with Crippen LogP contribution in [-0.4, -0.2) is 95.4 Å². The van der Waals surface area contributed by atoms with E-state index in [2.05, 4.69) is 0 Å². The molecular formula is C28H22O19. The molecule has 47 heavy (non-hydrogen) atoms. The maximum absolute atomic E-state index is 11.9. The van der Waals surface area contributed by atoms with Crippen molar-refractivity contribution in [2.24, 2.45) is 0 Å². The zero-order chi connectivity index (χ0) is 35.9. The van der Waals surface area contributed by atoms with Gasteiger partial charge in [-0.05, 0) is 48.5 Å². The molecule has 0 saturated carbocycles. The Balaban J connectivity index is 0.000000270. The number of rotatable bonds is 5. The lowest BCUT2D eigenvalue weighted by Gasteiger charge is -2.10. The van der Waals surface area contributed by atoms with Gasteiger partial charge in [0.2, 0.25) is 5.75 Å². The zero-order valence-corrected chi connectivity index (χ0v) is 22.9. The van der Waals surface area contributed by atoms with E-state index < -0.39 is 104 Å². The van der Waals surface area contributed by atoms with E-state index in [0.717, 1.165) is 48.5 Å². The molecule has 248 valence electrons. The van der Waals surface area contributed by atoms with Crippen molar-refractivity contribution in [1.82, 2.24) is 0 Å². The molecule has 0 fully saturated rings. The van der Waals surface area contributed by atoms with Crippen molar-refractivity contribution >= 4 is 23.9 Å². The third-order valence-corrected chi connectivity index (χ3v) is 5.44. The Morgan fingerprint density at radius 3 is 0.872 bits per heavy atom. The van der Waals surface area contributed by atoms with Crippen LogP contribution >= 0.6 is 0 Å². The van der Waals surface area contributed by atoms with Gasteiger partial charge in [0.05, 0.1) is 22.3 Å². The molecule has 4 aromatic rings. The van der Waals surface area contributed by atoms with Crippen molar-refractivity contribution in [2.45, 2.75) is 0 Å². The van der Waals surface area contributed by atoms with Gasteiger partial charge in [0, 0.05) is 0 Å². The van der Waals surface area contributed by atoms with Gasteiger partial charge in [-0.25, -0.2) is 19.2 Å². The number of ether oxygens (including phenoxy) is 1. The summed E-state index contributed by atoms with van der Waals surface area (Å²) < 4.78 is 4.74. The van der Waals surface area contributed by atoms with Crippen molar-refractivity contribution in [1.29, 1.82) is 0 Å². The van der Waals surface area contributed by atoms with Crippen molar-refractivity contribution in [3.8, 4) is 69.0 Å². The number of benzene rings is 4. The highest BCUT2D eigenvalue weighted by molar-refractivity contribution is 5.94. The highest BCUT2D eigenvalue weighted by atomic mass is 16.5. The molecule has 4 rings (SSSR count). The number of carboxylic acids is 3. The number of esters is 1. The maximum atomic E-state index is 11.9. The van der Waals surface area contributed by atoms with E-state index in [1.165, 1.54) is 0 Å². The first-order chi connectivity index (χ1) is 21.7. The minimum absolute atomic E-state index is 0.289. The Kier molecular flexibility index (Phi) is 10.9. The molecule has 19 heteroatoms. The second-order valence-electron chi connectivity index (χ2n) is 8.74. The number of carbonyl (C=O) groups excluding carboxylic acids is 1. The predicted octanol–water partition coefficient (Wildman–Crippen LogP) is 2.14. The number of hydrogen-bond donors (Lipinski definition) is 14. The smallest absolute Gasteiger partial charge is 0.343 e. The molecule has 0 saturated heterocycles. The molecule has 0 unspecified atom stereocenters. The molecule has 0 aliphatic carbocycles. The van der Waals surface area contributed by atoms with Crippen LogP contribution in [0.5, 0.6) is 69.0 Å². The summed E-state index contributed by atoms with van der Waals surface area (Å²) in [5.74, 6) is -14.0. The van der Waals surface area contributed by atoms with Gasteiger partial charge in [-0.15, -0.1) is 0 Å². The number of carboxylic acid groups (broad SMARTS) is 3.